The van der Waals surface area contributed by atoms with Crippen molar-refractivity contribution in [1.82, 2.24) is 4.57 Å². The fourth-order valence-corrected chi connectivity index (χ4v) is 1.77. The molecule has 0 saturated heterocycles. The third-order valence-corrected chi connectivity index (χ3v) is 2.73. The van der Waals surface area contributed by atoms with Gasteiger partial charge in [0, 0.05) is 17.8 Å². The molecule has 1 rings (SSSR count). The maximum atomic E-state index is 11.7. The zero-order chi connectivity index (χ0) is 10.7. The number of rotatable bonds is 3. The predicted molar refractivity (Wildman–Crippen MR) is 59.5 cm³/mol. The van der Waals surface area contributed by atoms with Crippen molar-refractivity contribution in [2.24, 2.45) is 0 Å². The van der Waals surface area contributed by atoms with Gasteiger partial charge < -0.3 is 10.3 Å². The molecule has 0 fully saturated rings. The molecule has 3 nitrogen and oxygen atoms in total. The zero-order valence-electron chi connectivity index (χ0n) is 9.08. The molecule has 0 aliphatic rings. The molecule has 14 heavy (non-hydrogen) atoms. The van der Waals surface area contributed by atoms with E-state index in [4.69, 9.17) is 5.73 Å². The third-order valence-electron chi connectivity index (χ3n) is 2.73. The number of pyridine rings is 1. The highest BCUT2D eigenvalue weighted by Gasteiger charge is 2.11. The van der Waals surface area contributed by atoms with E-state index in [0.29, 0.717) is 5.69 Å². The zero-order valence-corrected chi connectivity index (χ0v) is 9.08. The summed E-state index contributed by atoms with van der Waals surface area (Å²) in [6, 6.07) is 3.49. The van der Waals surface area contributed by atoms with Crippen LogP contribution >= 0.6 is 0 Å². The molecular weight excluding hydrogens is 176 g/mol. The maximum Gasteiger partial charge on any atom is 0.251 e. The van der Waals surface area contributed by atoms with Gasteiger partial charge in [-0.1, -0.05) is 13.8 Å². The van der Waals surface area contributed by atoms with Crippen molar-refractivity contribution in [1.29, 1.82) is 0 Å². The minimum Gasteiger partial charge on any atom is -0.397 e. The second-order valence-corrected chi connectivity index (χ2v) is 3.55. The fourth-order valence-electron chi connectivity index (χ4n) is 1.77. The van der Waals surface area contributed by atoms with Crippen molar-refractivity contribution in [2.45, 2.75) is 39.7 Å². The van der Waals surface area contributed by atoms with Gasteiger partial charge >= 0.3 is 0 Å². The Labute approximate surface area is 84.6 Å². The van der Waals surface area contributed by atoms with Crippen LogP contribution in [-0.4, -0.2) is 4.57 Å². The molecule has 2 N–H and O–H groups in total. The summed E-state index contributed by atoms with van der Waals surface area (Å²) in [7, 11) is 0. The predicted octanol–water partition coefficient (Wildman–Crippen LogP) is 2.10. The van der Waals surface area contributed by atoms with E-state index in [1.807, 2.05) is 6.92 Å². The van der Waals surface area contributed by atoms with Crippen molar-refractivity contribution in [3.8, 4) is 0 Å². The molecule has 1 heterocycles. The van der Waals surface area contributed by atoms with Crippen LogP contribution in [0.3, 0.4) is 0 Å². The van der Waals surface area contributed by atoms with E-state index in [-0.39, 0.29) is 11.6 Å². The van der Waals surface area contributed by atoms with Crippen LogP contribution in [0.1, 0.15) is 38.4 Å². The number of aromatic nitrogens is 1. The molecule has 0 unspecified atom stereocenters. The lowest BCUT2D eigenvalue weighted by Gasteiger charge is -2.19. The molecular formula is C11H18N2O. The number of nitrogen functional groups attached to an aromatic ring is 1. The summed E-state index contributed by atoms with van der Waals surface area (Å²) in [5.41, 5.74) is 7.40. The van der Waals surface area contributed by atoms with Gasteiger partial charge in [-0.25, -0.2) is 0 Å². The monoisotopic (exact) mass is 194 g/mol. The van der Waals surface area contributed by atoms with E-state index in [0.717, 1.165) is 18.5 Å². The molecule has 1 aromatic heterocycles. The van der Waals surface area contributed by atoms with Crippen LogP contribution in [0, 0.1) is 6.92 Å². The Balaban J connectivity index is 3.31. The van der Waals surface area contributed by atoms with E-state index in [1.165, 1.54) is 0 Å². The Hall–Kier alpha value is -1.25. The molecule has 0 aliphatic heterocycles. The molecule has 0 radical (unpaired) electrons. The molecule has 0 atom stereocenters. The van der Waals surface area contributed by atoms with Crippen LogP contribution in [0.2, 0.25) is 0 Å². The van der Waals surface area contributed by atoms with Crippen LogP contribution in [0.25, 0.3) is 0 Å². The van der Waals surface area contributed by atoms with Crippen molar-refractivity contribution in [3.05, 3.63) is 28.2 Å². The lowest BCUT2D eigenvalue weighted by Crippen LogP contribution is -2.26. The topological polar surface area (TPSA) is 48.0 Å². The normalized spacial score (nSPS) is 10.9. The molecule has 1 aromatic rings. The fraction of sp³-hybridized carbons (Fsp3) is 0.545. The smallest absolute Gasteiger partial charge is 0.251 e. The quantitative estimate of drug-likeness (QED) is 0.801. The Bertz CT molecular complexity index is 364. The first-order valence-electron chi connectivity index (χ1n) is 5.09. The van der Waals surface area contributed by atoms with Gasteiger partial charge in [-0.3, -0.25) is 4.79 Å². The standard InChI is InChI=1S/C11H18N2O/c1-4-9(5-2)13-8(3)10(12)6-7-11(13)14/h6-7,9H,4-5,12H2,1-3H3. The Morgan fingerprint density at radius 1 is 1.36 bits per heavy atom. The molecule has 0 amide bonds. The van der Waals surface area contributed by atoms with E-state index >= 15 is 0 Å². The molecule has 0 aliphatic carbocycles. The highest BCUT2D eigenvalue weighted by atomic mass is 16.1. The second-order valence-electron chi connectivity index (χ2n) is 3.55. The summed E-state index contributed by atoms with van der Waals surface area (Å²) in [5.74, 6) is 0. The first kappa shape index (κ1) is 10.8. The summed E-state index contributed by atoms with van der Waals surface area (Å²) < 4.78 is 1.80. The second kappa shape index (κ2) is 4.31. The van der Waals surface area contributed by atoms with Gasteiger partial charge in [0.25, 0.3) is 5.56 Å². The lowest BCUT2D eigenvalue weighted by molar-refractivity contribution is 0.450. The average molecular weight is 194 g/mol. The van der Waals surface area contributed by atoms with Crippen molar-refractivity contribution in [3.63, 3.8) is 0 Å². The first-order valence-corrected chi connectivity index (χ1v) is 5.09. The van der Waals surface area contributed by atoms with E-state index in [2.05, 4.69) is 13.8 Å². The van der Waals surface area contributed by atoms with Gasteiger partial charge in [0.1, 0.15) is 0 Å². The van der Waals surface area contributed by atoms with Gasteiger partial charge in [0.15, 0.2) is 0 Å². The van der Waals surface area contributed by atoms with Crippen molar-refractivity contribution in [2.75, 3.05) is 5.73 Å². The van der Waals surface area contributed by atoms with Gasteiger partial charge in [-0.2, -0.15) is 0 Å². The molecule has 78 valence electrons. The highest BCUT2D eigenvalue weighted by molar-refractivity contribution is 5.41. The van der Waals surface area contributed by atoms with Crippen LogP contribution in [-0.2, 0) is 0 Å². The number of hydrogen-bond donors (Lipinski definition) is 1. The van der Waals surface area contributed by atoms with Crippen molar-refractivity contribution >= 4 is 5.69 Å². The van der Waals surface area contributed by atoms with Crippen LogP contribution in [0.4, 0.5) is 5.69 Å². The summed E-state index contributed by atoms with van der Waals surface area (Å²) in [6.07, 6.45) is 1.92. The third kappa shape index (κ3) is 1.81. The molecule has 0 aromatic carbocycles. The summed E-state index contributed by atoms with van der Waals surface area (Å²) >= 11 is 0. The highest BCUT2D eigenvalue weighted by Crippen LogP contribution is 2.18. The van der Waals surface area contributed by atoms with Gasteiger partial charge in [0.05, 0.1) is 5.69 Å². The molecule has 0 spiro atoms. The average Bonchev–Trinajstić information content (AvgIpc) is 2.19. The number of anilines is 1. The van der Waals surface area contributed by atoms with Crippen LogP contribution in [0.5, 0.6) is 0 Å². The lowest BCUT2D eigenvalue weighted by atomic mass is 10.1. The van der Waals surface area contributed by atoms with E-state index in [1.54, 1.807) is 16.7 Å². The van der Waals surface area contributed by atoms with Gasteiger partial charge in [0.2, 0.25) is 0 Å². The van der Waals surface area contributed by atoms with Gasteiger partial charge in [-0.15, -0.1) is 0 Å². The number of nitrogens with zero attached hydrogens (tertiary/aromatic N) is 1. The number of nitrogens with two attached hydrogens (primary N) is 1. The Morgan fingerprint density at radius 2 is 1.93 bits per heavy atom. The van der Waals surface area contributed by atoms with E-state index in [9.17, 15) is 4.79 Å². The minimum atomic E-state index is 0.0467. The van der Waals surface area contributed by atoms with Gasteiger partial charge in [-0.05, 0) is 25.8 Å². The first-order chi connectivity index (χ1) is 6.61. The largest absolute Gasteiger partial charge is 0.397 e. The summed E-state index contributed by atoms with van der Waals surface area (Å²) in [5, 5.41) is 0. The molecule has 0 bridgehead atoms. The van der Waals surface area contributed by atoms with Crippen LogP contribution in [0.15, 0.2) is 16.9 Å². The minimum absolute atomic E-state index is 0.0467. The van der Waals surface area contributed by atoms with Crippen molar-refractivity contribution < 1.29 is 0 Å². The summed E-state index contributed by atoms with van der Waals surface area (Å²) in [6.45, 7) is 6.07. The Kier molecular flexibility index (Phi) is 3.33. The summed E-state index contributed by atoms with van der Waals surface area (Å²) in [4.78, 5) is 11.7. The Morgan fingerprint density at radius 3 is 2.43 bits per heavy atom. The molecule has 0 saturated carbocycles. The van der Waals surface area contributed by atoms with Crippen LogP contribution < -0.4 is 11.3 Å². The maximum absolute atomic E-state index is 11.7. The SMILES string of the molecule is CCC(CC)n1c(C)c(N)ccc1=O. The molecule has 3 heteroatoms. The van der Waals surface area contributed by atoms with E-state index < -0.39 is 0 Å². The number of hydrogen-bond acceptors (Lipinski definition) is 2.